The van der Waals surface area contributed by atoms with Gasteiger partial charge in [-0.3, -0.25) is 4.79 Å². The molecule has 4 nitrogen and oxygen atoms in total. The van der Waals surface area contributed by atoms with Crippen LogP contribution in [-0.4, -0.2) is 34.9 Å². The number of amides is 1. The molecule has 2 atom stereocenters. The highest BCUT2D eigenvalue weighted by atomic mass is 16.3. The summed E-state index contributed by atoms with van der Waals surface area (Å²) in [5.74, 6) is -0.104. The van der Waals surface area contributed by atoms with Crippen molar-refractivity contribution in [1.29, 1.82) is 0 Å². The van der Waals surface area contributed by atoms with Gasteiger partial charge >= 0.3 is 0 Å². The normalized spacial score (nSPS) is 14.4. The van der Waals surface area contributed by atoms with Gasteiger partial charge in [0.1, 0.15) is 0 Å². The number of carbonyl (C=O) groups is 1. The topological polar surface area (TPSA) is 69.6 Å². The van der Waals surface area contributed by atoms with E-state index in [2.05, 4.69) is 141 Å². The minimum atomic E-state index is -0.884. The quantitative estimate of drug-likeness (QED) is 0.0450. The number of unbranched alkanes of at least 4 members (excludes halogenated alkanes) is 8. The lowest BCUT2D eigenvalue weighted by Crippen LogP contribution is -2.45. The summed E-state index contributed by atoms with van der Waals surface area (Å²) < 4.78 is 0. The summed E-state index contributed by atoms with van der Waals surface area (Å²) in [4.78, 5) is 12.3. The SMILES string of the molecule is CC/C=C\C/C=C\C/C=C\C/C=C\C/C=C\C/C=C\C/C=C\C/C=C\CCCCCCCCC(=O)NC(CO)C(O)/C=C/CC/C=C/CC/C=C/CC. The van der Waals surface area contributed by atoms with Crippen molar-refractivity contribution in [3.63, 3.8) is 0 Å². The fraction of sp³-hybridized carbons (Fsp3) is 0.531. The molecule has 0 fully saturated rings. The molecule has 0 bridgehead atoms. The minimum absolute atomic E-state index is 0.104. The van der Waals surface area contributed by atoms with Crippen molar-refractivity contribution in [3.05, 3.63) is 134 Å². The summed E-state index contributed by atoms with van der Waals surface area (Å²) in [5, 5.41) is 22.8. The Labute approximate surface area is 326 Å². The maximum atomic E-state index is 12.3. The number of hydrogen-bond donors (Lipinski definition) is 3. The van der Waals surface area contributed by atoms with Crippen LogP contribution in [0.25, 0.3) is 0 Å². The van der Waals surface area contributed by atoms with Crippen LogP contribution in [0.5, 0.6) is 0 Å². The van der Waals surface area contributed by atoms with Gasteiger partial charge in [0.15, 0.2) is 0 Å². The molecule has 2 unspecified atom stereocenters. The number of rotatable bonds is 35. The van der Waals surface area contributed by atoms with E-state index in [4.69, 9.17) is 0 Å². The molecule has 0 heterocycles. The fourth-order valence-corrected chi connectivity index (χ4v) is 5.23. The van der Waals surface area contributed by atoms with Gasteiger partial charge in [0.25, 0.3) is 0 Å². The van der Waals surface area contributed by atoms with Crippen molar-refractivity contribution in [2.45, 2.75) is 161 Å². The summed E-state index contributed by atoms with van der Waals surface area (Å²) in [6, 6.07) is -0.661. The number of allylic oxidation sites excluding steroid dienone is 21. The van der Waals surface area contributed by atoms with Crippen molar-refractivity contribution in [2.75, 3.05) is 6.61 Å². The maximum absolute atomic E-state index is 12.3. The number of carbonyl (C=O) groups excluding carboxylic acids is 1. The molecule has 3 N–H and O–H groups in total. The third-order valence-corrected chi connectivity index (χ3v) is 8.36. The lowest BCUT2D eigenvalue weighted by atomic mass is 10.1. The standard InChI is InChI=1S/C49H77NO3/c1-3-5-7-9-11-13-15-16-17-18-19-20-21-22-23-24-25-26-27-28-29-30-31-32-33-34-35-37-39-41-43-45-49(53)50-47(46-51)48(52)44-42-40-38-36-14-12-10-8-6-4-2/h5-8,11,13-14,16-17,19-20,22-23,25-26,28-29,31-32,36,42,44,47-48,51-52H,3-4,9-10,12,15,18,21,24,27,30,33-35,37-41,43,45-46H2,1-2H3,(H,50,53)/b7-5-,8-6+,13-11-,17-16-,20-19-,23-22-,26-25-,29-28-,32-31-,36-14+,44-42+. The number of nitrogens with one attached hydrogen (secondary N) is 1. The summed E-state index contributed by atoms with van der Waals surface area (Å²) in [6.45, 7) is 4.02. The van der Waals surface area contributed by atoms with E-state index in [0.29, 0.717) is 6.42 Å². The molecule has 0 aromatic rings. The zero-order valence-corrected chi connectivity index (χ0v) is 33.7. The van der Waals surface area contributed by atoms with Gasteiger partial charge in [-0.05, 0) is 103 Å². The van der Waals surface area contributed by atoms with Crippen LogP contribution in [0.1, 0.15) is 149 Å². The summed E-state index contributed by atoms with van der Waals surface area (Å²) in [7, 11) is 0. The molecule has 0 aliphatic rings. The zero-order valence-electron chi connectivity index (χ0n) is 33.7. The molecule has 53 heavy (non-hydrogen) atoms. The van der Waals surface area contributed by atoms with E-state index in [0.717, 1.165) is 109 Å². The van der Waals surface area contributed by atoms with E-state index >= 15 is 0 Å². The third-order valence-electron chi connectivity index (χ3n) is 8.36. The average Bonchev–Trinajstić information content (AvgIpc) is 3.16. The van der Waals surface area contributed by atoms with Gasteiger partial charge in [-0.25, -0.2) is 0 Å². The molecular weight excluding hydrogens is 651 g/mol. The molecule has 0 aliphatic heterocycles. The largest absolute Gasteiger partial charge is 0.394 e. The van der Waals surface area contributed by atoms with Gasteiger partial charge in [0.2, 0.25) is 5.91 Å². The minimum Gasteiger partial charge on any atom is -0.394 e. The maximum Gasteiger partial charge on any atom is 0.220 e. The van der Waals surface area contributed by atoms with Crippen molar-refractivity contribution in [2.24, 2.45) is 0 Å². The third kappa shape index (κ3) is 39.6. The number of aliphatic hydroxyl groups is 2. The fourth-order valence-electron chi connectivity index (χ4n) is 5.23. The van der Waals surface area contributed by atoms with Gasteiger partial charge in [-0.2, -0.15) is 0 Å². The number of hydrogen-bond acceptors (Lipinski definition) is 3. The molecule has 0 radical (unpaired) electrons. The number of aliphatic hydroxyl groups excluding tert-OH is 2. The van der Waals surface area contributed by atoms with Crippen LogP contribution in [-0.2, 0) is 4.79 Å². The molecule has 296 valence electrons. The van der Waals surface area contributed by atoms with E-state index in [1.807, 2.05) is 6.08 Å². The zero-order chi connectivity index (χ0) is 38.6. The van der Waals surface area contributed by atoms with Crippen LogP contribution in [0.15, 0.2) is 134 Å². The second kappa shape index (κ2) is 42.9. The van der Waals surface area contributed by atoms with Crippen molar-refractivity contribution in [3.8, 4) is 0 Å². The first-order chi connectivity index (χ1) is 26.2. The molecule has 0 saturated heterocycles. The van der Waals surface area contributed by atoms with Gasteiger partial charge in [0, 0.05) is 6.42 Å². The van der Waals surface area contributed by atoms with E-state index in [-0.39, 0.29) is 12.5 Å². The van der Waals surface area contributed by atoms with Gasteiger partial charge < -0.3 is 15.5 Å². The summed E-state index contributed by atoms with van der Waals surface area (Å²) in [6.07, 6.45) is 68.4. The first-order valence-electron chi connectivity index (χ1n) is 20.9. The van der Waals surface area contributed by atoms with Crippen LogP contribution in [0.3, 0.4) is 0 Å². The highest BCUT2D eigenvalue weighted by molar-refractivity contribution is 5.76. The molecule has 0 aliphatic carbocycles. The van der Waals surface area contributed by atoms with Crippen LogP contribution in [0.2, 0.25) is 0 Å². The highest BCUT2D eigenvalue weighted by Gasteiger charge is 2.17. The predicted octanol–water partition coefficient (Wildman–Crippen LogP) is 13.2. The monoisotopic (exact) mass is 728 g/mol. The summed E-state index contributed by atoms with van der Waals surface area (Å²) >= 11 is 0. The first-order valence-corrected chi connectivity index (χ1v) is 20.9. The Balaban J connectivity index is 3.72. The molecular formula is C49H77NO3. The van der Waals surface area contributed by atoms with Gasteiger partial charge in [0.05, 0.1) is 18.8 Å². The molecule has 0 spiro atoms. The Hall–Kier alpha value is -3.47. The Bertz CT molecular complexity index is 1140. The molecule has 0 aromatic carbocycles. The highest BCUT2D eigenvalue weighted by Crippen LogP contribution is 2.10. The Morgan fingerprint density at radius 1 is 0.453 bits per heavy atom. The van der Waals surface area contributed by atoms with Crippen LogP contribution < -0.4 is 5.32 Å². The van der Waals surface area contributed by atoms with E-state index in [1.54, 1.807) is 6.08 Å². The Morgan fingerprint density at radius 3 is 1.25 bits per heavy atom. The second-order valence-corrected chi connectivity index (χ2v) is 13.3. The molecule has 0 aromatic heterocycles. The summed E-state index contributed by atoms with van der Waals surface area (Å²) in [5.41, 5.74) is 0. The molecule has 4 heteroatoms. The van der Waals surface area contributed by atoms with E-state index in [1.165, 1.54) is 19.3 Å². The predicted molar refractivity (Wildman–Crippen MR) is 234 cm³/mol. The van der Waals surface area contributed by atoms with Gasteiger partial charge in [-0.1, -0.05) is 173 Å². The lowest BCUT2D eigenvalue weighted by Gasteiger charge is -2.19. The van der Waals surface area contributed by atoms with Crippen LogP contribution >= 0.6 is 0 Å². The first kappa shape index (κ1) is 49.5. The van der Waals surface area contributed by atoms with Gasteiger partial charge in [-0.15, -0.1) is 0 Å². The smallest absolute Gasteiger partial charge is 0.220 e. The molecule has 1 amide bonds. The van der Waals surface area contributed by atoms with E-state index < -0.39 is 12.1 Å². The molecule has 0 rings (SSSR count). The van der Waals surface area contributed by atoms with E-state index in [9.17, 15) is 15.0 Å². The average molecular weight is 728 g/mol. The van der Waals surface area contributed by atoms with Crippen molar-refractivity contribution >= 4 is 5.91 Å². The molecule has 0 saturated carbocycles. The van der Waals surface area contributed by atoms with Crippen molar-refractivity contribution < 1.29 is 15.0 Å². The lowest BCUT2D eigenvalue weighted by molar-refractivity contribution is -0.123. The van der Waals surface area contributed by atoms with Crippen LogP contribution in [0, 0.1) is 0 Å². The van der Waals surface area contributed by atoms with Crippen LogP contribution in [0.4, 0.5) is 0 Å². The second-order valence-electron chi connectivity index (χ2n) is 13.3. The van der Waals surface area contributed by atoms with Crippen molar-refractivity contribution in [1.82, 2.24) is 5.32 Å². The Morgan fingerprint density at radius 2 is 0.792 bits per heavy atom. The Kier molecular flexibility index (Phi) is 40.1.